The van der Waals surface area contributed by atoms with Crippen molar-refractivity contribution in [2.24, 2.45) is 5.73 Å². The molecule has 1 aliphatic carbocycles. The zero-order chi connectivity index (χ0) is 20.5. The summed E-state index contributed by atoms with van der Waals surface area (Å²) >= 11 is 0. The Balaban J connectivity index is 1.70. The number of amides is 3. The molecule has 4 rings (SSSR count). The van der Waals surface area contributed by atoms with Crippen LogP contribution >= 0.6 is 0 Å². The third-order valence-corrected chi connectivity index (χ3v) is 5.50. The van der Waals surface area contributed by atoms with Crippen LogP contribution in [0.5, 0.6) is 11.5 Å². The van der Waals surface area contributed by atoms with E-state index in [9.17, 15) is 19.5 Å². The summed E-state index contributed by atoms with van der Waals surface area (Å²) in [6.45, 7) is 0. The molecule has 7 heteroatoms. The van der Waals surface area contributed by atoms with E-state index in [1.807, 2.05) is 0 Å². The van der Waals surface area contributed by atoms with Crippen LogP contribution in [0.4, 0.5) is 0 Å². The topological polar surface area (TPSA) is 110 Å². The number of ether oxygens (including phenoxy) is 1. The Morgan fingerprint density at radius 3 is 2.31 bits per heavy atom. The Morgan fingerprint density at radius 1 is 1.10 bits per heavy atom. The van der Waals surface area contributed by atoms with E-state index in [1.54, 1.807) is 36.4 Å². The van der Waals surface area contributed by atoms with E-state index in [1.165, 1.54) is 6.07 Å². The first-order valence-corrected chi connectivity index (χ1v) is 9.70. The van der Waals surface area contributed by atoms with Crippen LogP contribution in [-0.4, -0.2) is 33.8 Å². The highest BCUT2D eigenvalue weighted by molar-refractivity contribution is 6.21. The Labute approximate surface area is 168 Å². The normalized spacial score (nSPS) is 17.4. The maximum Gasteiger partial charge on any atom is 0.262 e. The van der Waals surface area contributed by atoms with Crippen molar-refractivity contribution in [3.05, 3.63) is 59.2 Å². The Hall–Kier alpha value is -3.35. The first-order chi connectivity index (χ1) is 14.0. The summed E-state index contributed by atoms with van der Waals surface area (Å²) in [5.74, 6) is -1.33. The molecule has 150 valence electrons. The minimum absolute atomic E-state index is 0.0186. The quantitative estimate of drug-likeness (QED) is 0.732. The average Bonchev–Trinajstić information content (AvgIpc) is 3.29. The predicted molar refractivity (Wildman–Crippen MR) is 104 cm³/mol. The summed E-state index contributed by atoms with van der Waals surface area (Å²) in [6.07, 6.45) is 3.76. The molecule has 1 fully saturated rings. The second-order valence-corrected chi connectivity index (χ2v) is 7.46. The molecule has 1 unspecified atom stereocenters. The molecule has 0 saturated heterocycles. The lowest BCUT2D eigenvalue weighted by molar-refractivity contribution is -0.118. The molecule has 0 bridgehead atoms. The molecule has 29 heavy (non-hydrogen) atoms. The largest absolute Gasteiger partial charge is 0.504 e. The van der Waals surface area contributed by atoms with Gasteiger partial charge in [0.15, 0.2) is 11.5 Å². The molecule has 2 aromatic rings. The van der Waals surface area contributed by atoms with Gasteiger partial charge in [0.1, 0.15) is 0 Å². The first-order valence-electron chi connectivity index (χ1n) is 9.70. The van der Waals surface area contributed by atoms with Crippen LogP contribution < -0.4 is 10.5 Å². The predicted octanol–water partition coefficient (Wildman–Crippen LogP) is 2.93. The van der Waals surface area contributed by atoms with Crippen LogP contribution in [0.1, 0.15) is 64.4 Å². The van der Waals surface area contributed by atoms with E-state index < -0.39 is 23.8 Å². The summed E-state index contributed by atoms with van der Waals surface area (Å²) in [5, 5.41) is 10.2. The van der Waals surface area contributed by atoms with Crippen LogP contribution in [0.3, 0.4) is 0 Å². The molecular weight excluding hydrogens is 372 g/mol. The van der Waals surface area contributed by atoms with Crippen LogP contribution in [0.2, 0.25) is 0 Å². The molecule has 2 aromatic carbocycles. The van der Waals surface area contributed by atoms with Crippen molar-refractivity contribution in [2.45, 2.75) is 44.2 Å². The zero-order valence-electron chi connectivity index (χ0n) is 15.8. The van der Waals surface area contributed by atoms with Gasteiger partial charge in [-0.15, -0.1) is 0 Å². The van der Waals surface area contributed by atoms with E-state index in [-0.39, 0.29) is 24.0 Å². The SMILES string of the molecule is NC(=O)CC(c1ccc(O)c(OC2CCCC2)c1)N1C(=O)c2ccccc2C1=O. The van der Waals surface area contributed by atoms with Crippen molar-refractivity contribution in [1.29, 1.82) is 0 Å². The number of imide groups is 1. The molecule has 1 atom stereocenters. The van der Waals surface area contributed by atoms with E-state index in [0.29, 0.717) is 16.7 Å². The van der Waals surface area contributed by atoms with Gasteiger partial charge < -0.3 is 15.6 Å². The molecule has 3 amide bonds. The summed E-state index contributed by atoms with van der Waals surface area (Å²) < 4.78 is 5.93. The first kappa shape index (κ1) is 19.0. The number of carbonyl (C=O) groups is 3. The van der Waals surface area contributed by atoms with Gasteiger partial charge in [0.25, 0.3) is 11.8 Å². The van der Waals surface area contributed by atoms with Crippen molar-refractivity contribution in [2.75, 3.05) is 0 Å². The molecule has 0 aromatic heterocycles. The minimum Gasteiger partial charge on any atom is -0.504 e. The van der Waals surface area contributed by atoms with E-state index in [2.05, 4.69) is 0 Å². The van der Waals surface area contributed by atoms with E-state index >= 15 is 0 Å². The fourth-order valence-corrected chi connectivity index (χ4v) is 4.06. The fourth-order valence-electron chi connectivity index (χ4n) is 4.06. The number of nitrogens with two attached hydrogens (primary N) is 1. The number of primary amides is 1. The molecule has 7 nitrogen and oxygen atoms in total. The third kappa shape index (κ3) is 3.55. The second kappa shape index (κ2) is 7.58. The van der Waals surface area contributed by atoms with Crippen LogP contribution in [-0.2, 0) is 4.79 Å². The standard InChI is InChI=1S/C22H22N2O5/c23-20(26)12-17(24-21(27)15-7-3-4-8-16(15)22(24)28)13-9-10-18(25)19(11-13)29-14-5-1-2-6-14/h3-4,7-11,14,17,25H,1-2,5-6,12H2,(H2,23,26). The van der Waals surface area contributed by atoms with Gasteiger partial charge in [-0.25, -0.2) is 0 Å². The lowest BCUT2D eigenvalue weighted by Crippen LogP contribution is -2.36. The number of aromatic hydroxyl groups is 1. The molecule has 0 radical (unpaired) electrons. The molecule has 0 spiro atoms. The highest BCUT2D eigenvalue weighted by atomic mass is 16.5. The van der Waals surface area contributed by atoms with E-state index in [0.717, 1.165) is 30.6 Å². The highest BCUT2D eigenvalue weighted by Gasteiger charge is 2.41. The van der Waals surface area contributed by atoms with Gasteiger partial charge in [-0.3, -0.25) is 19.3 Å². The zero-order valence-corrected chi connectivity index (χ0v) is 15.8. The number of rotatable bonds is 6. The van der Waals surface area contributed by atoms with Crippen LogP contribution in [0.15, 0.2) is 42.5 Å². The van der Waals surface area contributed by atoms with Crippen LogP contribution in [0, 0.1) is 0 Å². The van der Waals surface area contributed by atoms with Gasteiger partial charge in [-0.1, -0.05) is 18.2 Å². The lowest BCUT2D eigenvalue weighted by Gasteiger charge is -2.26. The van der Waals surface area contributed by atoms with Crippen molar-refractivity contribution in [3.8, 4) is 11.5 Å². The summed E-state index contributed by atoms with van der Waals surface area (Å²) in [7, 11) is 0. The van der Waals surface area contributed by atoms with Gasteiger partial charge in [0, 0.05) is 0 Å². The number of benzene rings is 2. The van der Waals surface area contributed by atoms with Gasteiger partial charge in [-0.2, -0.15) is 0 Å². The monoisotopic (exact) mass is 394 g/mol. The lowest BCUT2D eigenvalue weighted by atomic mass is 10.0. The van der Waals surface area contributed by atoms with Crippen molar-refractivity contribution < 1.29 is 24.2 Å². The van der Waals surface area contributed by atoms with Crippen LogP contribution in [0.25, 0.3) is 0 Å². The summed E-state index contributed by atoms with van der Waals surface area (Å²) in [4.78, 5) is 38.6. The Kier molecular flexibility index (Phi) is 4.96. The minimum atomic E-state index is -0.883. The molecule has 2 aliphatic rings. The molecule has 1 heterocycles. The number of hydrogen-bond donors (Lipinski definition) is 2. The molecule has 1 aliphatic heterocycles. The van der Waals surface area contributed by atoms with Crippen molar-refractivity contribution in [3.63, 3.8) is 0 Å². The summed E-state index contributed by atoms with van der Waals surface area (Å²) in [6, 6.07) is 10.3. The number of phenolic OH excluding ortho intramolecular Hbond substituents is 1. The molecular formula is C22H22N2O5. The number of hydrogen-bond acceptors (Lipinski definition) is 5. The van der Waals surface area contributed by atoms with Gasteiger partial charge in [-0.05, 0) is 55.5 Å². The van der Waals surface area contributed by atoms with Gasteiger partial charge in [0.05, 0.1) is 29.7 Å². The molecule has 1 saturated carbocycles. The number of fused-ring (bicyclic) bond motifs is 1. The fraction of sp³-hybridized carbons (Fsp3) is 0.318. The number of nitrogens with zero attached hydrogens (tertiary/aromatic N) is 1. The maximum atomic E-state index is 12.9. The third-order valence-electron chi connectivity index (χ3n) is 5.50. The summed E-state index contributed by atoms with van der Waals surface area (Å²) in [5.41, 5.74) is 6.53. The van der Waals surface area contributed by atoms with E-state index in [4.69, 9.17) is 10.5 Å². The highest BCUT2D eigenvalue weighted by Crippen LogP contribution is 2.38. The maximum absolute atomic E-state index is 12.9. The smallest absolute Gasteiger partial charge is 0.262 e. The number of phenols is 1. The molecule has 3 N–H and O–H groups in total. The van der Waals surface area contributed by atoms with Gasteiger partial charge in [0.2, 0.25) is 5.91 Å². The van der Waals surface area contributed by atoms with Crippen molar-refractivity contribution >= 4 is 17.7 Å². The van der Waals surface area contributed by atoms with Gasteiger partial charge >= 0.3 is 0 Å². The number of carbonyl (C=O) groups excluding carboxylic acids is 3. The Morgan fingerprint density at radius 2 is 1.72 bits per heavy atom. The Bertz CT molecular complexity index is 946. The average molecular weight is 394 g/mol. The second-order valence-electron chi connectivity index (χ2n) is 7.46. The van der Waals surface area contributed by atoms with Crippen molar-refractivity contribution in [1.82, 2.24) is 4.90 Å².